The normalized spacial score (nSPS) is 31.4. The number of ether oxygens (including phenoxy) is 1. The minimum Gasteiger partial charge on any atom is -0.508 e. The summed E-state index contributed by atoms with van der Waals surface area (Å²) in [5.74, 6) is -5.96. The number of phenols is 1. The van der Waals surface area contributed by atoms with Crippen LogP contribution in [0.1, 0.15) is 67.6 Å². The average Bonchev–Trinajstić information content (AvgIpc) is 3.46. The summed E-state index contributed by atoms with van der Waals surface area (Å²) in [6.45, 7) is 0.975. The number of aliphatic hydroxyl groups is 3. The molecule has 2 saturated carbocycles. The largest absolute Gasteiger partial charge is 0.508 e. The molecule has 3 fully saturated rings. The van der Waals surface area contributed by atoms with E-state index < -0.39 is 58.0 Å². The van der Waals surface area contributed by atoms with Crippen LogP contribution in [0.4, 0.5) is 0 Å². The van der Waals surface area contributed by atoms with Crippen LogP contribution in [0.15, 0.2) is 29.0 Å². The van der Waals surface area contributed by atoms with Crippen molar-refractivity contribution in [3.8, 4) is 5.75 Å². The summed E-state index contributed by atoms with van der Waals surface area (Å²) in [5, 5.41) is 45.4. The lowest BCUT2D eigenvalue weighted by Crippen LogP contribution is -2.67. The minimum atomic E-state index is -2.64. The number of Topliss-reactive ketones (excluding diaryl/α,β-unsaturated/α-hetero) is 2. The van der Waals surface area contributed by atoms with Crippen molar-refractivity contribution in [2.45, 2.75) is 75.0 Å². The van der Waals surface area contributed by atoms with Gasteiger partial charge in [0.2, 0.25) is 5.78 Å². The number of amides is 1. The van der Waals surface area contributed by atoms with Gasteiger partial charge in [0.25, 0.3) is 5.91 Å². The summed E-state index contributed by atoms with van der Waals surface area (Å²) in [6, 6.07) is 2.21. The molecule has 214 valence electrons. The number of carbonyl (C=O) groups excluding carboxylic acids is 3. The van der Waals surface area contributed by atoms with Gasteiger partial charge in [-0.2, -0.15) is 0 Å². The number of likely N-dealkylation sites (N-methyl/N-ethyl adjacent to an activating group) is 1. The Morgan fingerprint density at radius 2 is 1.73 bits per heavy atom. The molecule has 1 heterocycles. The molecule has 1 amide bonds. The van der Waals surface area contributed by atoms with Crippen molar-refractivity contribution in [2.24, 2.45) is 17.6 Å². The maximum atomic E-state index is 14.2. The number of aliphatic hydroxyl groups excluding tert-OH is 2. The number of primary amides is 1. The first-order chi connectivity index (χ1) is 19.1. The van der Waals surface area contributed by atoms with Gasteiger partial charge in [-0.15, -0.1) is 0 Å². The third-order valence-electron chi connectivity index (χ3n) is 10.1. The molecular weight excluding hydrogens is 516 g/mol. The number of fused-ring (bicyclic) bond motifs is 3. The summed E-state index contributed by atoms with van der Waals surface area (Å²) in [5.41, 5.74) is 3.95. The van der Waals surface area contributed by atoms with E-state index in [0.29, 0.717) is 32.5 Å². The Morgan fingerprint density at radius 1 is 1.05 bits per heavy atom. The molecule has 1 aliphatic heterocycles. The second-order valence-electron chi connectivity index (χ2n) is 12.0. The van der Waals surface area contributed by atoms with E-state index in [1.54, 1.807) is 11.9 Å². The molecule has 4 aliphatic carbocycles. The van der Waals surface area contributed by atoms with Crippen molar-refractivity contribution in [1.82, 2.24) is 4.90 Å². The summed E-state index contributed by atoms with van der Waals surface area (Å²) < 4.78 is 5.47. The molecule has 1 aromatic rings. The van der Waals surface area contributed by atoms with E-state index in [4.69, 9.17) is 10.5 Å². The predicted molar refractivity (Wildman–Crippen MR) is 143 cm³/mol. The first-order valence-corrected chi connectivity index (χ1v) is 14.2. The van der Waals surface area contributed by atoms with Crippen molar-refractivity contribution in [3.63, 3.8) is 0 Å². The number of hydrogen-bond acceptors (Lipinski definition) is 9. The summed E-state index contributed by atoms with van der Waals surface area (Å²) in [6.07, 6.45) is 5.87. The number of phenolic OH excluding ortho intramolecular Hbond substituents is 1. The lowest BCUT2D eigenvalue weighted by atomic mass is 9.57. The van der Waals surface area contributed by atoms with Gasteiger partial charge >= 0.3 is 0 Å². The van der Waals surface area contributed by atoms with Gasteiger partial charge in [0.05, 0.1) is 11.6 Å². The number of ketones is 2. The van der Waals surface area contributed by atoms with Crippen molar-refractivity contribution in [1.29, 1.82) is 0 Å². The first-order valence-electron chi connectivity index (χ1n) is 14.2. The van der Waals surface area contributed by atoms with Gasteiger partial charge in [-0.1, -0.05) is 18.9 Å². The highest BCUT2D eigenvalue weighted by Gasteiger charge is 2.64. The molecule has 10 heteroatoms. The zero-order valence-electron chi connectivity index (χ0n) is 22.6. The fourth-order valence-corrected chi connectivity index (χ4v) is 8.08. The zero-order valence-corrected chi connectivity index (χ0v) is 22.6. The van der Waals surface area contributed by atoms with Gasteiger partial charge in [0.15, 0.2) is 11.4 Å². The van der Waals surface area contributed by atoms with Crippen molar-refractivity contribution >= 4 is 23.2 Å². The van der Waals surface area contributed by atoms with Crippen LogP contribution in [0.2, 0.25) is 0 Å². The SMILES string of the molecule is CN(C1CCOCC1)C1C(=O)C(C(N)=O)=C(O)C2(O)C(=O)C3=C(O)c4c(O)ccc(C5CCCC5)c4CC3CC12. The van der Waals surface area contributed by atoms with Crippen LogP contribution in [0.25, 0.3) is 5.76 Å². The van der Waals surface area contributed by atoms with Crippen molar-refractivity contribution < 1.29 is 39.5 Å². The molecule has 10 nitrogen and oxygen atoms in total. The number of aromatic hydroxyl groups is 1. The van der Waals surface area contributed by atoms with Crippen LogP contribution < -0.4 is 5.73 Å². The molecule has 1 aromatic carbocycles. The Balaban J connectivity index is 1.50. The molecule has 0 radical (unpaired) electrons. The number of nitrogens with zero attached hydrogens (tertiary/aromatic N) is 1. The van der Waals surface area contributed by atoms with E-state index >= 15 is 0 Å². The quantitative estimate of drug-likeness (QED) is 0.351. The Bertz CT molecular complexity index is 1350. The second-order valence-corrected chi connectivity index (χ2v) is 12.0. The van der Waals surface area contributed by atoms with E-state index in [9.17, 15) is 34.8 Å². The summed E-state index contributed by atoms with van der Waals surface area (Å²) >= 11 is 0. The van der Waals surface area contributed by atoms with Crippen LogP contribution >= 0.6 is 0 Å². The average molecular weight is 553 g/mol. The van der Waals surface area contributed by atoms with Gasteiger partial charge in [-0.25, -0.2) is 0 Å². The fourth-order valence-electron chi connectivity index (χ4n) is 8.08. The topological polar surface area (TPSA) is 171 Å². The van der Waals surface area contributed by atoms with E-state index in [0.717, 1.165) is 36.8 Å². The molecule has 1 saturated heterocycles. The van der Waals surface area contributed by atoms with E-state index in [1.807, 2.05) is 6.07 Å². The van der Waals surface area contributed by atoms with Crippen LogP contribution in [-0.4, -0.2) is 80.7 Å². The fraction of sp³-hybridized carbons (Fsp3) is 0.567. The minimum absolute atomic E-state index is 0.0981. The van der Waals surface area contributed by atoms with E-state index in [1.165, 1.54) is 6.07 Å². The van der Waals surface area contributed by atoms with Gasteiger partial charge in [0, 0.05) is 30.7 Å². The van der Waals surface area contributed by atoms with E-state index in [2.05, 4.69) is 0 Å². The highest BCUT2D eigenvalue weighted by Crippen LogP contribution is 2.54. The molecule has 5 aliphatic rings. The maximum absolute atomic E-state index is 14.2. The molecule has 0 aromatic heterocycles. The molecular formula is C30H36N2O8. The number of rotatable bonds is 4. The van der Waals surface area contributed by atoms with Gasteiger partial charge in [-0.05, 0) is 74.6 Å². The molecule has 4 unspecified atom stereocenters. The standard InChI is InChI=1S/C30H36N2O8/c1-32(16-8-10-40-11-9-16)24-19-13-15-12-18-17(14-4-2-3-5-14)6-7-20(33)22(18)25(34)21(15)27(36)30(19,39)28(37)23(26(24)35)29(31)38/h6-7,14-16,19,24,33-34,37,39H,2-5,8-13H2,1H3,(H2,31,38). The molecule has 0 bridgehead atoms. The molecule has 0 spiro atoms. The van der Waals surface area contributed by atoms with Crippen LogP contribution in [0.5, 0.6) is 5.75 Å². The second kappa shape index (κ2) is 9.71. The monoisotopic (exact) mass is 552 g/mol. The molecule has 6 rings (SSSR count). The maximum Gasteiger partial charge on any atom is 0.255 e. The van der Waals surface area contributed by atoms with Crippen LogP contribution in [0.3, 0.4) is 0 Å². The van der Waals surface area contributed by atoms with Crippen molar-refractivity contribution in [2.75, 3.05) is 20.3 Å². The highest BCUT2D eigenvalue weighted by molar-refractivity contribution is 6.24. The lowest BCUT2D eigenvalue weighted by Gasteiger charge is -2.52. The van der Waals surface area contributed by atoms with Gasteiger partial charge in [-0.3, -0.25) is 19.3 Å². The first kappa shape index (κ1) is 27.0. The highest BCUT2D eigenvalue weighted by atomic mass is 16.5. The number of hydrogen-bond donors (Lipinski definition) is 5. The summed E-state index contributed by atoms with van der Waals surface area (Å²) in [7, 11) is 1.72. The Kier molecular flexibility index (Phi) is 6.55. The van der Waals surface area contributed by atoms with Crippen molar-refractivity contribution in [3.05, 3.63) is 45.7 Å². The predicted octanol–water partition coefficient (Wildman–Crippen LogP) is 2.17. The number of carbonyl (C=O) groups is 3. The van der Waals surface area contributed by atoms with Crippen LogP contribution in [0, 0.1) is 11.8 Å². The summed E-state index contributed by atoms with van der Waals surface area (Å²) in [4.78, 5) is 42.1. The third-order valence-corrected chi connectivity index (χ3v) is 10.1. The Labute approximate surface area is 232 Å². The Morgan fingerprint density at radius 3 is 2.38 bits per heavy atom. The smallest absolute Gasteiger partial charge is 0.255 e. The number of nitrogens with two attached hydrogens (primary N) is 1. The van der Waals surface area contributed by atoms with Gasteiger partial charge < -0.3 is 30.9 Å². The number of benzene rings is 1. The molecule has 4 atom stereocenters. The Hall–Kier alpha value is -3.21. The lowest BCUT2D eigenvalue weighted by molar-refractivity contribution is -0.156. The third kappa shape index (κ3) is 3.76. The molecule has 6 N–H and O–H groups in total. The van der Waals surface area contributed by atoms with Crippen LogP contribution in [-0.2, 0) is 25.5 Å². The van der Waals surface area contributed by atoms with E-state index in [-0.39, 0.29) is 35.3 Å². The zero-order chi connectivity index (χ0) is 28.5. The molecule has 40 heavy (non-hydrogen) atoms. The van der Waals surface area contributed by atoms with Gasteiger partial charge in [0.1, 0.15) is 22.8 Å².